The van der Waals surface area contributed by atoms with Crippen molar-refractivity contribution in [2.45, 2.75) is 6.04 Å². The monoisotopic (exact) mass is 361 g/mol. The maximum Gasteiger partial charge on any atom is 0.371 e. The first kappa shape index (κ1) is 17.4. The molecule has 1 fully saturated rings. The number of benzene rings is 1. The molecule has 3 rings (SSSR count). The minimum absolute atomic E-state index is 0.0140. The van der Waals surface area contributed by atoms with E-state index in [-0.39, 0.29) is 6.61 Å². The number of hydrazine groups is 1. The number of carbonyl (C=O) groups is 4. The lowest BCUT2D eigenvalue weighted by atomic mass is 10.0. The zero-order chi connectivity index (χ0) is 18.8. The van der Waals surface area contributed by atoms with Crippen LogP contribution >= 0.6 is 0 Å². The molecule has 3 amide bonds. The summed E-state index contributed by atoms with van der Waals surface area (Å²) in [7, 11) is 0. The zero-order valence-corrected chi connectivity index (χ0v) is 13.5. The fourth-order valence-electron chi connectivity index (χ4n) is 2.79. The van der Waals surface area contributed by atoms with E-state index in [1.165, 1.54) is 6.08 Å². The molecule has 2 aliphatic rings. The van der Waals surface area contributed by atoms with Crippen LogP contribution in [0.2, 0.25) is 0 Å². The summed E-state index contributed by atoms with van der Waals surface area (Å²) in [5.74, 6) is -2.61. The van der Waals surface area contributed by atoms with Crippen LogP contribution < -0.4 is 5.01 Å². The Morgan fingerprint density at radius 1 is 1.27 bits per heavy atom. The van der Waals surface area contributed by atoms with Crippen LogP contribution in [0.5, 0.6) is 0 Å². The van der Waals surface area contributed by atoms with E-state index in [2.05, 4.69) is 6.58 Å². The third kappa shape index (κ3) is 2.86. The van der Waals surface area contributed by atoms with Crippen molar-refractivity contribution in [2.75, 3.05) is 24.8 Å². The van der Waals surface area contributed by atoms with Gasteiger partial charge in [-0.1, -0.05) is 30.9 Å². The molecule has 1 N–H and O–H groups in total. The molecule has 2 aliphatic heterocycles. The number of urea groups is 1. The first-order valence-corrected chi connectivity index (χ1v) is 7.60. The molecular weight excluding hydrogens is 346 g/mol. The Morgan fingerprint density at radius 3 is 2.69 bits per heavy atom. The number of carboxylic acid groups (broad SMARTS) is 1. The summed E-state index contributed by atoms with van der Waals surface area (Å²) in [4.78, 5) is 53.1. The minimum atomic E-state index is -1.22. The number of esters is 1. The number of hydroxylamine groups is 2. The van der Waals surface area contributed by atoms with Crippen LogP contribution in [-0.4, -0.2) is 58.8 Å². The van der Waals surface area contributed by atoms with Crippen molar-refractivity contribution in [3.05, 3.63) is 42.5 Å². The van der Waals surface area contributed by atoms with Crippen LogP contribution in [0, 0.1) is 0 Å². The second-order valence-electron chi connectivity index (χ2n) is 5.42. The summed E-state index contributed by atoms with van der Waals surface area (Å²) in [5, 5.41) is 11.6. The van der Waals surface area contributed by atoms with Gasteiger partial charge in [-0.3, -0.25) is 19.4 Å². The van der Waals surface area contributed by atoms with Crippen LogP contribution in [0.4, 0.5) is 10.5 Å². The van der Waals surface area contributed by atoms with Crippen LogP contribution in [-0.2, 0) is 24.0 Å². The number of aliphatic carboxylic acids is 1. The molecule has 136 valence electrons. The Hall–Kier alpha value is -3.40. The van der Waals surface area contributed by atoms with Gasteiger partial charge < -0.3 is 9.84 Å². The number of para-hydroxylation sites is 1. The molecule has 1 aromatic rings. The Balaban J connectivity index is 1.89. The molecule has 26 heavy (non-hydrogen) atoms. The third-order valence-corrected chi connectivity index (χ3v) is 3.77. The molecule has 1 unspecified atom stereocenters. The number of carbonyl (C=O) groups excluding carboxylic acids is 3. The Bertz CT molecular complexity index is 794. The summed E-state index contributed by atoms with van der Waals surface area (Å²) in [6.45, 7) is 2.22. The number of amides is 3. The van der Waals surface area contributed by atoms with Crippen LogP contribution in [0.3, 0.4) is 0 Å². The standard InChI is InChI=1S/C16H15N3O7/c1-2-7-25-13(22)9-26-19-14-10-5-3-4-6-11(10)17(8-12(20)21)18(15(14)23)16(19)24/h2-6,14H,1,7-9H2,(H,20,21). The van der Waals surface area contributed by atoms with Gasteiger partial charge in [0, 0.05) is 5.56 Å². The first-order chi connectivity index (χ1) is 12.5. The van der Waals surface area contributed by atoms with Crippen LogP contribution in [0.1, 0.15) is 11.6 Å². The van der Waals surface area contributed by atoms with Crippen molar-refractivity contribution in [2.24, 2.45) is 0 Å². The second kappa shape index (κ2) is 6.84. The topological polar surface area (TPSA) is 117 Å². The van der Waals surface area contributed by atoms with E-state index in [4.69, 9.17) is 14.7 Å². The number of rotatable bonds is 7. The zero-order valence-electron chi connectivity index (χ0n) is 13.5. The van der Waals surface area contributed by atoms with E-state index in [9.17, 15) is 19.2 Å². The number of anilines is 1. The summed E-state index contributed by atoms with van der Waals surface area (Å²) in [6.07, 6.45) is 1.38. The van der Waals surface area contributed by atoms with Crippen LogP contribution in [0.25, 0.3) is 0 Å². The molecule has 0 aliphatic carbocycles. The molecule has 0 radical (unpaired) electrons. The maximum absolute atomic E-state index is 12.6. The number of fused-ring (bicyclic) bond motifs is 4. The minimum Gasteiger partial charge on any atom is -0.480 e. The molecule has 1 saturated heterocycles. The molecule has 1 atom stereocenters. The molecule has 1 aromatic carbocycles. The number of ether oxygens (including phenoxy) is 1. The molecule has 0 saturated carbocycles. The quantitative estimate of drug-likeness (QED) is 0.423. The van der Waals surface area contributed by atoms with Crippen molar-refractivity contribution >= 4 is 29.6 Å². The van der Waals surface area contributed by atoms with E-state index in [0.717, 1.165) is 10.1 Å². The van der Waals surface area contributed by atoms with Crippen molar-refractivity contribution in [1.29, 1.82) is 0 Å². The number of imide groups is 1. The largest absolute Gasteiger partial charge is 0.480 e. The van der Waals surface area contributed by atoms with E-state index < -0.39 is 43.1 Å². The highest BCUT2D eigenvalue weighted by Gasteiger charge is 2.55. The lowest BCUT2D eigenvalue weighted by molar-refractivity contribution is -0.174. The Labute approximate surface area is 147 Å². The van der Waals surface area contributed by atoms with E-state index in [1.54, 1.807) is 24.3 Å². The van der Waals surface area contributed by atoms with Gasteiger partial charge in [-0.05, 0) is 6.07 Å². The summed E-state index contributed by atoms with van der Waals surface area (Å²) >= 11 is 0. The number of hydrogen-bond donors (Lipinski definition) is 1. The highest BCUT2D eigenvalue weighted by atomic mass is 16.7. The lowest BCUT2D eigenvalue weighted by Crippen LogP contribution is -2.51. The normalized spacial score (nSPS) is 18.0. The number of carboxylic acids is 1. The second-order valence-corrected chi connectivity index (χ2v) is 5.42. The molecular formula is C16H15N3O7. The molecule has 2 bridgehead atoms. The average molecular weight is 361 g/mol. The van der Waals surface area contributed by atoms with E-state index in [1.807, 2.05) is 0 Å². The highest BCUT2D eigenvalue weighted by molar-refractivity contribution is 6.08. The number of nitrogens with zero attached hydrogens (tertiary/aromatic N) is 3. The van der Waals surface area contributed by atoms with Gasteiger partial charge in [0.05, 0.1) is 5.69 Å². The van der Waals surface area contributed by atoms with Gasteiger partial charge in [-0.25, -0.2) is 9.59 Å². The molecule has 0 aromatic heterocycles. The van der Waals surface area contributed by atoms with Crippen molar-refractivity contribution < 1.29 is 33.9 Å². The average Bonchev–Trinajstić information content (AvgIpc) is 2.79. The van der Waals surface area contributed by atoms with Crippen molar-refractivity contribution in [1.82, 2.24) is 10.1 Å². The predicted octanol–water partition coefficient (Wildman–Crippen LogP) is 0.472. The maximum atomic E-state index is 12.6. The van der Waals surface area contributed by atoms with Crippen molar-refractivity contribution in [3.63, 3.8) is 0 Å². The smallest absolute Gasteiger partial charge is 0.371 e. The number of hydrogen-bond acceptors (Lipinski definition) is 7. The fourth-order valence-corrected chi connectivity index (χ4v) is 2.79. The van der Waals surface area contributed by atoms with Crippen molar-refractivity contribution in [3.8, 4) is 0 Å². The molecule has 0 spiro atoms. The summed E-state index contributed by atoms with van der Waals surface area (Å²) in [5.41, 5.74) is 0.800. The van der Waals surface area contributed by atoms with E-state index in [0.29, 0.717) is 16.3 Å². The highest BCUT2D eigenvalue weighted by Crippen LogP contribution is 2.43. The Kier molecular flexibility index (Phi) is 4.59. The van der Waals surface area contributed by atoms with Gasteiger partial charge in [0.25, 0.3) is 5.91 Å². The summed E-state index contributed by atoms with van der Waals surface area (Å²) < 4.78 is 4.76. The molecule has 10 nitrogen and oxygen atoms in total. The summed E-state index contributed by atoms with van der Waals surface area (Å²) in [6, 6.07) is 4.52. The fraction of sp³-hybridized carbons (Fsp3) is 0.250. The van der Waals surface area contributed by atoms with Gasteiger partial charge in [-0.15, -0.1) is 0 Å². The van der Waals surface area contributed by atoms with Gasteiger partial charge in [0.15, 0.2) is 12.6 Å². The predicted molar refractivity (Wildman–Crippen MR) is 85.4 cm³/mol. The molecule has 10 heteroatoms. The van der Waals surface area contributed by atoms with Crippen LogP contribution in [0.15, 0.2) is 36.9 Å². The van der Waals surface area contributed by atoms with Gasteiger partial charge >= 0.3 is 18.0 Å². The Morgan fingerprint density at radius 2 is 2.00 bits per heavy atom. The van der Waals surface area contributed by atoms with Gasteiger partial charge in [0.2, 0.25) is 0 Å². The van der Waals surface area contributed by atoms with Gasteiger partial charge in [0.1, 0.15) is 13.2 Å². The lowest BCUT2D eigenvalue weighted by Gasteiger charge is -2.34. The first-order valence-electron chi connectivity index (χ1n) is 7.60. The SMILES string of the molecule is C=CCOC(=O)CON1C(=O)N2C(=O)C1c1ccccc1N2CC(=O)O. The third-order valence-electron chi connectivity index (χ3n) is 3.77. The van der Waals surface area contributed by atoms with Gasteiger partial charge in [-0.2, -0.15) is 10.1 Å². The molecule has 2 heterocycles. The van der Waals surface area contributed by atoms with E-state index >= 15 is 0 Å².